The fourth-order valence-corrected chi connectivity index (χ4v) is 1.45. The van der Waals surface area contributed by atoms with E-state index >= 15 is 0 Å². The molecule has 0 spiro atoms. The highest BCUT2D eigenvalue weighted by atomic mass is 16.5. The van der Waals surface area contributed by atoms with Gasteiger partial charge in [-0.1, -0.05) is 6.92 Å². The van der Waals surface area contributed by atoms with E-state index in [1.807, 2.05) is 6.92 Å². The van der Waals surface area contributed by atoms with Crippen molar-refractivity contribution in [2.45, 2.75) is 19.4 Å². The molecule has 0 radical (unpaired) electrons. The van der Waals surface area contributed by atoms with Crippen LogP contribution in [0.2, 0.25) is 0 Å². The number of ether oxygens (including phenoxy) is 2. The third-order valence-corrected chi connectivity index (χ3v) is 2.48. The molecule has 1 rings (SSSR count). The second-order valence-electron chi connectivity index (χ2n) is 3.99. The minimum Gasteiger partial charge on any atom is -0.484 e. The first-order valence-electron chi connectivity index (χ1n) is 5.92. The number of nitrogens with two attached hydrogens (primary N) is 1. The molecule has 100 valence electrons. The maximum Gasteiger partial charge on any atom is 0.258 e. The van der Waals surface area contributed by atoms with E-state index < -0.39 is 0 Å². The molecule has 0 aliphatic heterocycles. The number of methoxy groups -OCH3 is 1. The molecule has 0 aromatic heterocycles. The van der Waals surface area contributed by atoms with Crippen LogP contribution in [0.4, 0.5) is 5.69 Å². The molecule has 18 heavy (non-hydrogen) atoms. The van der Waals surface area contributed by atoms with E-state index in [1.54, 1.807) is 31.4 Å². The Balaban J connectivity index is 2.34. The Bertz CT molecular complexity index is 365. The molecule has 0 heterocycles. The van der Waals surface area contributed by atoms with Gasteiger partial charge in [-0.25, -0.2) is 0 Å². The predicted octanol–water partition coefficient (Wildman–Crippen LogP) is 1.19. The van der Waals surface area contributed by atoms with E-state index in [0.717, 1.165) is 6.42 Å². The van der Waals surface area contributed by atoms with E-state index in [1.165, 1.54) is 0 Å². The second kappa shape index (κ2) is 7.55. The molecule has 3 N–H and O–H groups in total. The zero-order chi connectivity index (χ0) is 13.4. The maximum atomic E-state index is 11.6. The van der Waals surface area contributed by atoms with Gasteiger partial charge in [0, 0.05) is 12.8 Å². The molecule has 0 aliphatic carbocycles. The Morgan fingerprint density at radius 2 is 2.06 bits per heavy atom. The minimum atomic E-state index is -0.157. The summed E-state index contributed by atoms with van der Waals surface area (Å²) in [5, 5.41) is 2.84. The van der Waals surface area contributed by atoms with Gasteiger partial charge in [0.2, 0.25) is 0 Å². The Labute approximate surface area is 107 Å². The molecule has 0 fully saturated rings. The minimum absolute atomic E-state index is 0.00979. The number of amides is 1. The lowest BCUT2D eigenvalue weighted by Gasteiger charge is -2.16. The second-order valence-corrected chi connectivity index (χ2v) is 3.99. The highest BCUT2D eigenvalue weighted by Gasteiger charge is 2.10. The molecule has 0 saturated carbocycles. The molecule has 1 amide bonds. The lowest BCUT2D eigenvalue weighted by molar-refractivity contribution is -0.124. The zero-order valence-corrected chi connectivity index (χ0v) is 10.8. The molecule has 1 aromatic rings. The zero-order valence-electron chi connectivity index (χ0n) is 10.8. The highest BCUT2D eigenvalue weighted by Crippen LogP contribution is 2.12. The van der Waals surface area contributed by atoms with Crippen molar-refractivity contribution in [2.24, 2.45) is 0 Å². The van der Waals surface area contributed by atoms with Crippen LogP contribution in [0.25, 0.3) is 0 Å². The van der Waals surface area contributed by atoms with Crippen molar-refractivity contribution in [2.75, 3.05) is 26.1 Å². The number of carbonyl (C=O) groups is 1. The summed E-state index contributed by atoms with van der Waals surface area (Å²) in [5.74, 6) is 0.467. The van der Waals surface area contributed by atoms with Crippen LogP contribution >= 0.6 is 0 Å². The van der Waals surface area contributed by atoms with Crippen LogP contribution < -0.4 is 15.8 Å². The molecule has 5 heteroatoms. The molecular formula is C13H20N2O3. The van der Waals surface area contributed by atoms with Gasteiger partial charge < -0.3 is 20.5 Å². The van der Waals surface area contributed by atoms with Gasteiger partial charge >= 0.3 is 0 Å². The molecule has 0 aliphatic rings. The Kier molecular flexibility index (Phi) is 6.00. The van der Waals surface area contributed by atoms with Gasteiger partial charge in [0.25, 0.3) is 5.91 Å². The van der Waals surface area contributed by atoms with E-state index in [0.29, 0.717) is 18.0 Å². The maximum absolute atomic E-state index is 11.6. The molecule has 1 unspecified atom stereocenters. The van der Waals surface area contributed by atoms with Crippen LogP contribution in [0.1, 0.15) is 13.3 Å². The summed E-state index contributed by atoms with van der Waals surface area (Å²) in [5.41, 5.74) is 6.22. The molecule has 1 atom stereocenters. The number of hydrogen-bond acceptors (Lipinski definition) is 4. The third-order valence-electron chi connectivity index (χ3n) is 2.48. The number of rotatable bonds is 7. The topological polar surface area (TPSA) is 73.6 Å². The monoisotopic (exact) mass is 252 g/mol. The van der Waals surface area contributed by atoms with Crippen molar-refractivity contribution >= 4 is 11.6 Å². The lowest BCUT2D eigenvalue weighted by atomic mass is 10.2. The largest absolute Gasteiger partial charge is 0.484 e. The molecule has 0 bridgehead atoms. The van der Waals surface area contributed by atoms with Crippen molar-refractivity contribution in [3.8, 4) is 5.75 Å². The number of hydrogen-bond donors (Lipinski definition) is 2. The quantitative estimate of drug-likeness (QED) is 0.715. The van der Waals surface area contributed by atoms with Crippen molar-refractivity contribution in [1.82, 2.24) is 5.32 Å². The van der Waals surface area contributed by atoms with Gasteiger partial charge in [-0.05, 0) is 30.7 Å². The third kappa shape index (κ3) is 5.05. The van der Waals surface area contributed by atoms with Crippen LogP contribution in [-0.4, -0.2) is 32.3 Å². The van der Waals surface area contributed by atoms with Crippen molar-refractivity contribution in [3.05, 3.63) is 24.3 Å². The summed E-state index contributed by atoms with van der Waals surface area (Å²) in [6, 6.07) is 6.95. The number of nitrogens with one attached hydrogen (secondary N) is 1. The van der Waals surface area contributed by atoms with Crippen molar-refractivity contribution in [1.29, 1.82) is 0 Å². The van der Waals surface area contributed by atoms with Gasteiger partial charge in [0.15, 0.2) is 6.61 Å². The van der Waals surface area contributed by atoms with E-state index in [4.69, 9.17) is 15.2 Å². The number of anilines is 1. The summed E-state index contributed by atoms with van der Waals surface area (Å²) in [4.78, 5) is 11.6. The van der Waals surface area contributed by atoms with Crippen LogP contribution in [0.5, 0.6) is 5.75 Å². The Hall–Kier alpha value is -1.75. The van der Waals surface area contributed by atoms with Crippen molar-refractivity contribution < 1.29 is 14.3 Å². The standard InChI is InChI=1S/C13H20N2O3/c1-3-11(8-17-2)15-13(16)9-18-12-6-4-10(14)5-7-12/h4-7,11H,3,8-9,14H2,1-2H3,(H,15,16). The predicted molar refractivity (Wildman–Crippen MR) is 70.4 cm³/mol. The average molecular weight is 252 g/mol. The first-order chi connectivity index (χ1) is 8.65. The van der Waals surface area contributed by atoms with E-state index in [2.05, 4.69) is 5.32 Å². The van der Waals surface area contributed by atoms with Crippen LogP contribution in [0.3, 0.4) is 0 Å². The Morgan fingerprint density at radius 3 is 2.61 bits per heavy atom. The fourth-order valence-electron chi connectivity index (χ4n) is 1.45. The fraction of sp³-hybridized carbons (Fsp3) is 0.462. The molecular weight excluding hydrogens is 232 g/mol. The van der Waals surface area contributed by atoms with Crippen molar-refractivity contribution in [3.63, 3.8) is 0 Å². The van der Waals surface area contributed by atoms with Gasteiger partial charge in [-0.3, -0.25) is 4.79 Å². The summed E-state index contributed by atoms with van der Waals surface area (Å²) < 4.78 is 10.3. The van der Waals surface area contributed by atoms with Gasteiger partial charge in [-0.15, -0.1) is 0 Å². The molecule has 5 nitrogen and oxygen atoms in total. The van der Waals surface area contributed by atoms with E-state index in [-0.39, 0.29) is 18.6 Å². The Morgan fingerprint density at radius 1 is 1.39 bits per heavy atom. The van der Waals surface area contributed by atoms with Crippen LogP contribution in [0, 0.1) is 0 Å². The number of benzene rings is 1. The van der Waals surface area contributed by atoms with Crippen LogP contribution in [0.15, 0.2) is 24.3 Å². The summed E-state index contributed by atoms with van der Waals surface area (Å²) in [6.45, 7) is 2.49. The summed E-state index contributed by atoms with van der Waals surface area (Å²) in [6.07, 6.45) is 0.821. The van der Waals surface area contributed by atoms with Gasteiger partial charge in [-0.2, -0.15) is 0 Å². The first kappa shape index (κ1) is 14.3. The summed E-state index contributed by atoms with van der Waals surface area (Å²) >= 11 is 0. The van der Waals surface area contributed by atoms with E-state index in [9.17, 15) is 4.79 Å². The smallest absolute Gasteiger partial charge is 0.258 e. The molecule has 1 aromatic carbocycles. The number of carbonyl (C=O) groups excluding carboxylic acids is 1. The lowest BCUT2D eigenvalue weighted by Crippen LogP contribution is -2.40. The van der Waals surface area contributed by atoms with Gasteiger partial charge in [0.05, 0.1) is 12.6 Å². The SMILES string of the molecule is CCC(COC)NC(=O)COc1ccc(N)cc1. The van der Waals surface area contributed by atoms with Gasteiger partial charge in [0.1, 0.15) is 5.75 Å². The summed E-state index contributed by atoms with van der Waals surface area (Å²) in [7, 11) is 1.61. The van der Waals surface area contributed by atoms with Crippen LogP contribution in [-0.2, 0) is 9.53 Å². The average Bonchev–Trinajstić information content (AvgIpc) is 2.37. The normalized spacial score (nSPS) is 11.9. The first-order valence-corrected chi connectivity index (χ1v) is 5.92. The molecule has 0 saturated heterocycles. The number of nitrogen functional groups attached to an aromatic ring is 1. The highest BCUT2D eigenvalue weighted by molar-refractivity contribution is 5.77.